The molecule has 0 bridgehead atoms. The number of carbonyl (C=O) groups is 1. The zero-order valence-electron chi connectivity index (χ0n) is 14.7. The lowest BCUT2D eigenvalue weighted by molar-refractivity contribution is 0.0951. The van der Waals surface area contributed by atoms with Crippen LogP contribution in [-0.4, -0.2) is 32.1 Å². The molecule has 0 atom stereocenters. The van der Waals surface area contributed by atoms with E-state index in [-0.39, 0.29) is 5.91 Å². The fraction of sp³-hybridized carbons (Fsp3) is 0.100. The Labute approximate surface area is 160 Å². The molecule has 4 aromatic rings. The van der Waals surface area contributed by atoms with E-state index in [0.29, 0.717) is 17.8 Å². The summed E-state index contributed by atoms with van der Waals surface area (Å²) in [6.07, 6.45) is 3.74. The molecule has 1 amide bonds. The molecule has 2 heterocycles. The molecule has 0 aliphatic rings. The number of benzene rings is 2. The Kier molecular flexibility index (Phi) is 4.84. The van der Waals surface area contributed by atoms with E-state index in [9.17, 15) is 4.79 Å². The zero-order valence-corrected chi connectivity index (χ0v) is 15.5. The van der Waals surface area contributed by atoms with Crippen molar-refractivity contribution in [2.75, 3.05) is 6.26 Å². The molecule has 7 heteroatoms. The van der Waals surface area contributed by atoms with Gasteiger partial charge < -0.3 is 5.32 Å². The molecule has 27 heavy (non-hydrogen) atoms. The van der Waals surface area contributed by atoms with Crippen molar-refractivity contribution in [3.8, 4) is 5.69 Å². The van der Waals surface area contributed by atoms with E-state index in [1.165, 1.54) is 4.90 Å². The van der Waals surface area contributed by atoms with Crippen LogP contribution in [0.25, 0.3) is 16.9 Å². The number of thioether (sulfide) groups is 1. The highest BCUT2D eigenvalue weighted by Gasteiger charge is 2.09. The van der Waals surface area contributed by atoms with Crippen molar-refractivity contribution >= 4 is 28.8 Å². The molecule has 0 unspecified atom stereocenters. The number of amides is 1. The molecule has 0 spiro atoms. The van der Waals surface area contributed by atoms with Crippen molar-refractivity contribution in [2.45, 2.75) is 11.4 Å². The van der Waals surface area contributed by atoms with Crippen molar-refractivity contribution in [1.29, 1.82) is 0 Å². The van der Waals surface area contributed by atoms with Crippen LogP contribution in [0.3, 0.4) is 0 Å². The van der Waals surface area contributed by atoms with Crippen molar-refractivity contribution < 1.29 is 4.79 Å². The van der Waals surface area contributed by atoms with Crippen LogP contribution in [0.1, 0.15) is 15.9 Å². The maximum atomic E-state index is 12.4. The fourth-order valence-electron chi connectivity index (χ4n) is 2.72. The minimum Gasteiger partial charge on any atom is -0.348 e. The molecule has 0 saturated carbocycles. The molecular weight excluding hydrogens is 358 g/mol. The van der Waals surface area contributed by atoms with Gasteiger partial charge in [-0.2, -0.15) is 4.68 Å². The Hall–Kier alpha value is -3.19. The molecule has 1 N–H and O–H groups in total. The van der Waals surface area contributed by atoms with Crippen LogP contribution in [0.4, 0.5) is 0 Å². The summed E-state index contributed by atoms with van der Waals surface area (Å²) in [6.45, 7) is 0.493. The van der Waals surface area contributed by atoms with Crippen LogP contribution < -0.4 is 5.32 Å². The maximum Gasteiger partial charge on any atom is 0.251 e. The summed E-state index contributed by atoms with van der Waals surface area (Å²) in [5, 5.41) is 11.2. The van der Waals surface area contributed by atoms with Gasteiger partial charge in [-0.05, 0) is 60.4 Å². The Balaban J connectivity index is 1.45. The van der Waals surface area contributed by atoms with E-state index < -0.39 is 0 Å². The predicted molar refractivity (Wildman–Crippen MR) is 106 cm³/mol. The highest BCUT2D eigenvalue weighted by atomic mass is 32.2. The normalized spacial score (nSPS) is 10.9. The molecule has 0 radical (unpaired) electrons. The number of nitrogens with one attached hydrogen (secondary N) is 1. The first-order chi connectivity index (χ1) is 13.2. The monoisotopic (exact) mass is 375 g/mol. The number of fused-ring (bicyclic) bond motifs is 1. The third-order valence-corrected chi connectivity index (χ3v) is 4.94. The van der Waals surface area contributed by atoms with Crippen molar-refractivity contribution in [2.24, 2.45) is 0 Å². The summed E-state index contributed by atoms with van der Waals surface area (Å²) in [5.74, 6) is -0.114. The van der Waals surface area contributed by atoms with Crippen LogP contribution in [0.2, 0.25) is 0 Å². The van der Waals surface area contributed by atoms with Gasteiger partial charge in [0.15, 0.2) is 5.65 Å². The second-order valence-corrected chi connectivity index (χ2v) is 6.80. The average molecular weight is 375 g/mol. The van der Waals surface area contributed by atoms with Gasteiger partial charge in [-0.25, -0.2) is 4.98 Å². The lowest BCUT2D eigenvalue weighted by Crippen LogP contribution is -2.22. The first-order valence-corrected chi connectivity index (χ1v) is 9.65. The standard InChI is InChI=1S/C20H17N5OS/c1-27-17-10-4-14(5-11-17)13-22-20(26)15-6-8-16(9-7-15)25-19-18(23-24-25)3-2-12-21-19/h2-12H,13H2,1H3,(H,22,26). The van der Waals surface area contributed by atoms with E-state index in [1.54, 1.807) is 34.8 Å². The van der Waals surface area contributed by atoms with Gasteiger partial charge in [0.05, 0.1) is 5.69 Å². The summed E-state index contributed by atoms with van der Waals surface area (Å²) in [4.78, 5) is 17.9. The highest BCUT2D eigenvalue weighted by molar-refractivity contribution is 7.98. The number of nitrogens with zero attached hydrogens (tertiary/aromatic N) is 4. The van der Waals surface area contributed by atoms with E-state index in [2.05, 4.69) is 32.7 Å². The molecule has 0 aliphatic carbocycles. The Morgan fingerprint density at radius 1 is 1.07 bits per heavy atom. The summed E-state index contributed by atoms with van der Waals surface area (Å²) in [7, 11) is 0. The summed E-state index contributed by atoms with van der Waals surface area (Å²) >= 11 is 1.70. The molecular formula is C20H17N5OS. The molecule has 6 nitrogen and oxygen atoms in total. The third kappa shape index (κ3) is 3.68. The van der Waals surface area contributed by atoms with E-state index in [1.807, 2.05) is 42.7 Å². The first-order valence-electron chi connectivity index (χ1n) is 8.42. The van der Waals surface area contributed by atoms with Crippen molar-refractivity contribution in [3.05, 3.63) is 78.0 Å². The molecule has 2 aromatic heterocycles. The van der Waals surface area contributed by atoms with E-state index >= 15 is 0 Å². The van der Waals surface area contributed by atoms with Gasteiger partial charge in [0, 0.05) is 23.2 Å². The Morgan fingerprint density at radius 3 is 2.59 bits per heavy atom. The lowest BCUT2D eigenvalue weighted by Gasteiger charge is -2.07. The Bertz CT molecular complexity index is 1070. The fourth-order valence-corrected chi connectivity index (χ4v) is 3.13. The summed E-state index contributed by atoms with van der Waals surface area (Å²) in [6, 6.07) is 19.1. The zero-order chi connectivity index (χ0) is 18.6. The van der Waals surface area contributed by atoms with Gasteiger partial charge in [0.1, 0.15) is 5.52 Å². The molecule has 0 aliphatic heterocycles. The second-order valence-electron chi connectivity index (χ2n) is 5.93. The number of hydrogen-bond donors (Lipinski definition) is 1. The number of aromatic nitrogens is 4. The quantitative estimate of drug-likeness (QED) is 0.541. The van der Waals surface area contributed by atoms with Crippen LogP contribution in [0, 0.1) is 0 Å². The molecule has 2 aromatic carbocycles. The molecule has 134 valence electrons. The molecule has 4 rings (SSSR count). The van der Waals surface area contributed by atoms with Gasteiger partial charge in [0.2, 0.25) is 0 Å². The number of pyridine rings is 1. The van der Waals surface area contributed by atoms with Crippen molar-refractivity contribution in [3.63, 3.8) is 0 Å². The number of carbonyl (C=O) groups excluding carboxylic acids is 1. The largest absolute Gasteiger partial charge is 0.348 e. The van der Waals surface area contributed by atoms with Gasteiger partial charge in [0.25, 0.3) is 5.91 Å². The lowest BCUT2D eigenvalue weighted by atomic mass is 10.1. The highest BCUT2D eigenvalue weighted by Crippen LogP contribution is 2.16. The first kappa shape index (κ1) is 17.2. The number of rotatable bonds is 5. The topological polar surface area (TPSA) is 72.7 Å². The minimum absolute atomic E-state index is 0.114. The van der Waals surface area contributed by atoms with Crippen LogP contribution >= 0.6 is 11.8 Å². The molecule has 0 fully saturated rings. The van der Waals surface area contributed by atoms with Crippen LogP contribution in [0.15, 0.2) is 71.8 Å². The third-order valence-electron chi connectivity index (χ3n) is 4.19. The van der Waals surface area contributed by atoms with Gasteiger partial charge in [-0.3, -0.25) is 4.79 Å². The Morgan fingerprint density at radius 2 is 1.85 bits per heavy atom. The van der Waals surface area contributed by atoms with Crippen LogP contribution in [0.5, 0.6) is 0 Å². The number of hydrogen-bond acceptors (Lipinski definition) is 5. The summed E-state index contributed by atoms with van der Waals surface area (Å²) < 4.78 is 1.66. The van der Waals surface area contributed by atoms with Gasteiger partial charge >= 0.3 is 0 Å². The second kappa shape index (κ2) is 7.59. The van der Waals surface area contributed by atoms with Crippen LogP contribution in [-0.2, 0) is 6.54 Å². The average Bonchev–Trinajstić information content (AvgIpc) is 3.16. The smallest absolute Gasteiger partial charge is 0.251 e. The van der Waals surface area contributed by atoms with E-state index in [0.717, 1.165) is 16.8 Å². The molecule has 0 saturated heterocycles. The maximum absolute atomic E-state index is 12.4. The van der Waals surface area contributed by atoms with E-state index in [4.69, 9.17) is 0 Å². The minimum atomic E-state index is -0.114. The van der Waals surface area contributed by atoms with Gasteiger partial charge in [-0.1, -0.05) is 17.3 Å². The SMILES string of the molecule is CSc1ccc(CNC(=O)c2ccc(-n3nnc4cccnc43)cc2)cc1. The predicted octanol–water partition coefficient (Wildman–Crippen LogP) is 3.47. The summed E-state index contributed by atoms with van der Waals surface area (Å²) in [5.41, 5.74) is 3.88. The van der Waals surface area contributed by atoms with Crippen molar-refractivity contribution in [1.82, 2.24) is 25.3 Å². The van der Waals surface area contributed by atoms with Gasteiger partial charge in [-0.15, -0.1) is 16.9 Å².